The fourth-order valence-corrected chi connectivity index (χ4v) is 1.64. The van der Waals surface area contributed by atoms with Crippen molar-refractivity contribution in [3.63, 3.8) is 0 Å². The molecule has 0 saturated carbocycles. The summed E-state index contributed by atoms with van der Waals surface area (Å²) < 4.78 is 0. The normalized spacial score (nSPS) is 10.3. The third kappa shape index (κ3) is 1.80. The minimum Gasteiger partial charge on any atom is -0.336 e. The second-order valence-corrected chi connectivity index (χ2v) is 3.72. The number of carbonyl (C=O) groups is 1. The van der Waals surface area contributed by atoms with Gasteiger partial charge in [0.2, 0.25) is 0 Å². The molecule has 0 saturated heterocycles. The van der Waals surface area contributed by atoms with E-state index in [1.807, 2.05) is 25.1 Å². The van der Waals surface area contributed by atoms with Crippen LogP contribution in [0.4, 0.5) is 0 Å². The lowest BCUT2D eigenvalue weighted by Crippen LogP contribution is -1.86. The van der Waals surface area contributed by atoms with Crippen molar-refractivity contribution in [1.29, 1.82) is 0 Å². The molecule has 0 fully saturated rings. The highest BCUT2D eigenvalue weighted by Gasteiger charge is 2.07. The van der Waals surface area contributed by atoms with E-state index in [1.54, 1.807) is 0 Å². The Balaban J connectivity index is 2.53. The molecule has 0 aliphatic rings. The van der Waals surface area contributed by atoms with Gasteiger partial charge in [-0.15, -0.1) is 12.6 Å². The molecule has 76 valence electrons. The minimum absolute atomic E-state index is 0.472. The average Bonchev–Trinajstić information content (AvgIpc) is 2.70. The molecule has 4 heteroatoms. The van der Waals surface area contributed by atoms with Crippen LogP contribution < -0.4 is 0 Å². The van der Waals surface area contributed by atoms with Crippen molar-refractivity contribution in [1.82, 2.24) is 9.97 Å². The van der Waals surface area contributed by atoms with Crippen molar-refractivity contribution in [3.8, 4) is 11.4 Å². The Bertz CT molecular complexity index is 505. The molecule has 1 heterocycles. The number of hydrogen-bond donors (Lipinski definition) is 2. The number of H-pyrrole nitrogens is 1. The third-order valence-electron chi connectivity index (χ3n) is 2.22. The van der Waals surface area contributed by atoms with Gasteiger partial charge in [-0.05, 0) is 12.5 Å². The highest BCUT2D eigenvalue weighted by molar-refractivity contribution is 7.80. The Morgan fingerprint density at radius 1 is 1.47 bits per heavy atom. The molecule has 0 unspecified atom stereocenters. The van der Waals surface area contributed by atoms with Gasteiger partial charge in [0, 0.05) is 10.5 Å². The minimum atomic E-state index is 0.472. The van der Waals surface area contributed by atoms with Crippen LogP contribution in [0.5, 0.6) is 0 Å². The van der Waals surface area contributed by atoms with E-state index in [0.29, 0.717) is 11.5 Å². The average molecular weight is 218 g/mol. The Kier molecular flexibility index (Phi) is 2.60. The molecule has 0 aliphatic heterocycles. The monoisotopic (exact) mass is 218 g/mol. The molecular formula is C11H10N2OS. The number of imidazole rings is 1. The number of thiol groups is 1. The number of aldehydes is 1. The van der Waals surface area contributed by atoms with Crippen molar-refractivity contribution >= 4 is 18.9 Å². The Morgan fingerprint density at radius 2 is 2.27 bits per heavy atom. The van der Waals surface area contributed by atoms with E-state index >= 15 is 0 Å². The zero-order valence-electron chi connectivity index (χ0n) is 8.19. The van der Waals surface area contributed by atoms with Crippen LogP contribution in [-0.4, -0.2) is 16.3 Å². The number of benzene rings is 1. The summed E-state index contributed by atoms with van der Waals surface area (Å²) >= 11 is 4.41. The first kappa shape index (κ1) is 9.98. The van der Waals surface area contributed by atoms with Gasteiger partial charge >= 0.3 is 0 Å². The van der Waals surface area contributed by atoms with Gasteiger partial charge in [0.15, 0.2) is 6.29 Å². The zero-order chi connectivity index (χ0) is 10.8. The number of rotatable bonds is 2. The number of nitrogens with zero attached hydrogens (tertiary/aromatic N) is 1. The van der Waals surface area contributed by atoms with Gasteiger partial charge in [-0.25, -0.2) is 4.98 Å². The molecule has 1 N–H and O–H groups in total. The van der Waals surface area contributed by atoms with Crippen LogP contribution in [0.3, 0.4) is 0 Å². The molecule has 2 rings (SSSR count). The van der Waals surface area contributed by atoms with E-state index in [4.69, 9.17) is 0 Å². The molecule has 0 aliphatic carbocycles. The zero-order valence-corrected chi connectivity index (χ0v) is 9.08. The molecule has 0 spiro atoms. The first-order chi connectivity index (χ1) is 7.22. The number of carbonyl (C=O) groups excluding carboxylic acids is 1. The molecule has 1 aromatic carbocycles. The van der Waals surface area contributed by atoms with Gasteiger partial charge < -0.3 is 4.98 Å². The van der Waals surface area contributed by atoms with Crippen LogP contribution in [0.15, 0.2) is 29.3 Å². The number of hydrogen-bond acceptors (Lipinski definition) is 3. The van der Waals surface area contributed by atoms with E-state index in [1.165, 1.54) is 6.20 Å². The molecule has 0 radical (unpaired) electrons. The molecule has 2 aromatic rings. The van der Waals surface area contributed by atoms with Gasteiger partial charge in [-0.1, -0.05) is 18.2 Å². The topological polar surface area (TPSA) is 45.8 Å². The summed E-state index contributed by atoms with van der Waals surface area (Å²) in [5.74, 6) is 0.672. The van der Waals surface area contributed by atoms with Crippen molar-refractivity contribution in [2.45, 2.75) is 11.8 Å². The van der Waals surface area contributed by atoms with Crippen LogP contribution in [0, 0.1) is 6.92 Å². The van der Waals surface area contributed by atoms with Crippen molar-refractivity contribution in [2.75, 3.05) is 0 Å². The van der Waals surface area contributed by atoms with Crippen molar-refractivity contribution < 1.29 is 4.79 Å². The van der Waals surface area contributed by atoms with E-state index < -0.39 is 0 Å². The summed E-state index contributed by atoms with van der Waals surface area (Å²) in [6.07, 6.45) is 2.25. The predicted octanol–water partition coefficient (Wildman–Crippen LogP) is 2.49. The van der Waals surface area contributed by atoms with E-state index in [-0.39, 0.29) is 0 Å². The SMILES string of the molecule is Cc1cccc(-c2ncc(C=O)[nH]2)c1S. The summed E-state index contributed by atoms with van der Waals surface area (Å²) in [7, 11) is 0. The first-order valence-electron chi connectivity index (χ1n) is 4.51. The maximum atomic E-state index is 10.5. The van der Waals surface area contributed by atoms with Crippen LogP contribution in [0.2, 0.25) is 0 Å². The lowest BCUT2D eigenvalue weighted by atomic mass is 10.1. The van der Waals surface area contributed by atoms with E-state index in [2.05, 4.69) is 22.6 Å². The van der Waals surface area contributed by atoms with Crippen LogP contribution >= 0.6 is 12.6 Å². The van der Waals surface area contributed by atoms with Crippen LogP contribution in [0.1, 0.15) is 16.1 Å². The van der Waals surface area contributed by atoms with Crippen LogP contribution in [0.25, 0.3) is 11.4 Å². The van der Waals surface area contributed by atoms with Gasteiger partial charge in [0.1, 0.15) is 5.82 Å². The maximum absolute atomic E-state index is 10.5. The van der Waals surface area contributed by atoms with Gasteiger partial charge in [0.25, 0.3) is 0 Å². The molecule has 0 bridgehead atoms. The highest BCUT2D eigenvalue weighted by atomic mass is 32.1. The molecule has 3 nitrogen and oxygen atoms in total. The Hall–Kier alpha value is -1.55. The van der Waals surface area contributed by atoms with E-state index in [0.717, 1.165) is 22.3 Å². The van der Waals surface area contributed by atoms with Crippen molar-refractivity contribution in [3.05, 3.63) is 35.7 Å². The molecule has 1 aromatic heterocycles. The van der Waals surface area contributed by atoms with Crippen LogP contribution in [-0.2, 0) is 0 Å². The fourth-order valence-electron chi connectivity index (χ4n) is 1.38. The number of aromatic nitrogens is 2. The predicted molar refractivity (Wildman–Crippen MR) is 61.4 cm³/mol. The molecule has 15 heavy (non-hydrogen) atoms. The highest BCUT2D eigenvalue weighted by Crippen LogP contribution is 2.26. The summed E-state index contributed by atoms with van der Waals surface area (Å²) in [4.78, 5) is 18.4. The van der Waals surface area contributed by atoms with E-state index in [9.17, 15) is 4.79 Å². The molecule has 0 amide bonds. The van der Waals surface area contributed by atoms with Crippen molar-refractivity contribution in [2.24, 2.45) is 0 Å². The second kappa shape index (κ2) is 3.90. The lowest BCUT2D eigenvalue weighted by molar-refractivity contribution is 0.111. The molecular weight excluding hydrogens is 208 g/mol. The number of nitrogens with one attached hydrogen (secondary N) is 1. The summed E-state index contributed by atoms with van der Waals surface area (Å²) in [6, 6.07) is 5.84. The molecule has 0 atom stereocenters. The summed E-state index contributed by atoms with van der Waals surface area (Å²) in [5.41, 5.74) is 2.46. The van der Waals surface area contributed by atoms with Gasteiger partial charge in [-0.3, -0.25) is 4.79 Å². The summed E-state index contributed by atoms with van der Waals surface area (Å²) in [6.45, 7) is 1.98. The third-order valence-corrected chi connectivity index (χ3v) is 2.81. The number of aryl methyl sites for hydroxylation is 1. The summed E-state index contributed by atoms with van der Waals surface area (Å²) in [5, 5.41) is 0. The van der Waals surface area contributed by atoms with Gasteiger partial charge in [-0.2, -0.15) is 0 Å². The fraction of sp³-hybridized carbons (Fsp3) is 0.0909. The quantitative estimate of drug-likeness (QED) is 0.601. The smallest absolute Gasteiger partial charge is 0.167 e. The standard InChI is InChI=1S/C11H10N2OS/c1-7-3-2-4-9(10(7)15)11-12-5-8(6-14)13-11/h2-6,15H,1H3,(H,12,13). The number of aromatic amines is 1. The maximum Gasteiger partial charge on any atom is 0.167 e. The van der Waals surface area contributed by atoms with Gasteiger partial charge in [0.05, 0.1) is 11.9 Å². The Morgan fingerprint density at radius 3 is 2.93 bits per heavy atom. The first-order valence-corrected chi connectivity index (χ1v) is 4.96. The lowest BCUT2D eigenvalue weighted by Gasteiger charge is -2.04. The second-order valence-electron chi connectivity index (χ2n) is 3.28. The Labute approximate surface area is 93.0 Å². The largest absolute Gasteiger partial charge is 0.336 e.